The first-order valence-corrected chi connectivity index (χ1v) is 9.74. The first-order valence-electron chi connectivity index (χ1n) is 9.74. The first-order chi connectivity index (χ1) is 15.8. The number of amides is 1. The summed E-state index contributed by atoms with van der Waals surface area (Å²) in [6, 6.07) is 7.23. The van der Waals surface area contributed by atoms with Crippen LogP contribution in [0.2, 0.25) is 0 Å². The third kappa shape index (κ3) is 5.22. The van der Waals surface area contributed by atoms with Gasteiger partial charge in [0.15, 0.2) is 18.1 Å². The molecule has 0 fully saturated rings. The molecular formula is C21H17F3N4O5. The zero-order chi connectivity index (χ0) is 23.4. The molecule has 33 heavy (non-hydrogen) atoms. The van der Waals surface area contributed by atoms with Crippen molar-refractivity contribution in [2.75, 3.05) is 25.1 Å². The molecule has 0 bridgehead atoms. The van der Waals surface area contributed by atoms with Crippen LogP contribution in [0.5, 0.6) is 11.5 Å². The first kappa shape index (κ1) is 22.1. The number of benzene rings is 2. The van der Waals surface area contributed by atoms with E-state index in [4.69, 9.17) is 14.2 Å². The SMILES string of the molecule is O=C(COC(=O)c1ccc2c(c1)OCCCO2)Nc1cc(C(F)(F)F)ccc1-n1cncn1. The summed E-state index contributed by atoms with van der Waals surface area (Å²) < 4.78 is 56.6. The Balaban J connectivity index is 1.45. The highest BCUT2D eigenvalue weighted by atomic mass is 19.4. The van der Waals surface area contributed by atoms with Gasteiger partial charge in [-0.2, -0.15) is 18.3 Å². The predicted molar refractivity (Wildman–Crippen MR) is 107 cm³/mol. The van der Waals surface area contributed by atoms with Crippen LogP contribution in [-0.4, -0.2) is 46.5 Å². The molecule has 1 aromatic heterocycles. The average Bonchev–Trinajstić information content (AvgIpc) is 3.21. The molecule has 0 spiro atoms. The van der Waals surface area contributed by atoms with Gasteiger partial charge >= 0.3 is 12.1 Å². The van der Waals surface area contributed by atoms with E-state index < -0.39 is 30.2 Å². The Kier molecular flexibility index (Phi) is 6.16. The fourth-order valence-electron chi connectivity index (χ4n) is 3.04. The van der Waals surface area contributed by atoms with Crippen LogP contribution in [0.25, 0.3) is 5.69 Å². The van der Waals surface area contributed by atoms with E-state index in [1.54, 1.807) is 6.07 Å². The number of carbonyl (C=O) groups is 2. The Labute approximate surface area is 185 Å². The molecule has 4 rings (SSSR count). The van der Waals surface area contributed by atoms with Crippen molar-refractivity contribution < 1.29 is 37.0 Å². The van der Waals surface area contributed by atoms with Crippen LogP contribution < -0.4 is 14.8 Å². The van der Waals surface area contributed by atoms with Gasteiger partial charge in [0.1, 0.15) is 12.7 Å². The number of halogens is 3. The molecule has 1 aliphatic rings. The van der Waals surface area contributed by atoms with Crippen molar-refractivity contribution in [2.45, 2.75) is 12.6 Å². The van der Waals surface area contributed by atoms with Gasteiger partial charge in [-0.3, -0.25) is 4.79 Å². The van der Waals surface area contributed by atoms with Gasteiger partial charge in [-0.25, -0.2) is 14.5 Å². The Hall–Kier alpha value is -4.09. The van der Waals surface area contributed by atoms with Crippen molar-refractivity contribution in [3.05, 3.63) is 60.2 Å². The number of esters is 1. The van der Waals surface area contributed by atoms with Crippen LogP contribution in [0.3, 0.4) is 0 Å². The number of nitrogens with zero attached hydrogens (tertiary/aromatic N) is 3. The minimum absolute atomic E-state index is 0.134. The quantitative estimate of drug-likeness (QED) is 0.581. The number of hydrogen-bond acceptors (Lipinski definition) is 7. The molecule has 0 aliphatic carbocycles. The topological polar surface area (TPSA) is 105 Å². The number of ether oxygens (including phenoxy) is 3. The molecule has 0 atom stereocenters. The van der Waals surface area contributed by atoms with Crippen molar-refractivity contribution in [2.24, 2.45) is 0 Å². The normalized spacial score (nSPS) is 13.2. The maximum absolute atomic E-state index is 13.1. The second-order valence-corrected chi connectivity index (χ2v) is 6.91. The van der Waals surface area contributed by atoms with Gasteiger partial charge < -0.3 is 19.5 Å². The zero-order valence-corrected chi connectivity index (χ0v) is 17.0. The zero-order valence-electron chi connectivity index (χ0n) is 17.0. The van der Waals surface area contributed by atoms with E-state index in [9.17, 15) is 22.8 Å². The summed E-state index contributed by atoms with van der Waals surface area (Å²) in [7, 11) is 0. The van der Waals surface area contributed by atoms with Crippen molar-refractivity contribution in [3.8, 4) is 17.2 Å². The Morgan fingerprint density at radius 1 is 1.09 bits per heavy atom. The van der Waals surface area contributed by atoms with Crippen LogP contribution in [0.4, 0.5) is 18.9 Å². The highest BCUT2D eigenvalue weighted by molar-refractivity contribution is 5.97. The van der Waals surface area contributed by atoms with Crippen molar-refractivity contribution in [3.63, 3.8) is 0 Å². The average molecular weight is 462 g/mol. The molecular weight excluding hydrogens is 445 g/mol. The number of aromatic nitrogens is 3. The smallest absolute Gasteiger partial charge is 0.416 e. The minimum Gasteiger partial charge on any atom is -0.490 e. The lowest BCUT2D eigenvalue weighted by Gasteiger charge is -2.14. The van der Waals surface area contributed by atoms with E-state index in [0.29, 0.717) is 31.1 Å². The predicted octanol–water partition coefficient (Wildman–Crippen LogP) is 3.24. The number of anilines is 1. The van der Waals surface area contributed by atoms with Crippen LogP contribution in [0.1, 0.15) is 22.3 Å². The molecule has 172 valence electrons. The number of rotatable bonds is 5. The van der Waals surface area contributed by atoms with Gasteiger partial charge in [0, 0.05) is 6.42 Å². The second-order valence-electron chi connectivity index (χ2n) is 6.91. The van der Waals surface area contributed by atoms with E-state index in [0.717, 1.165) is 18.2 Å². The van der Waals surface area contributed by atoms with Gasteiger partial charge in [-0.1, -0.05) is 0 Å². The Morgan fingerprint density at radius 2 is 1.88 bits per heavy atom. The molecule has 2 aromatic carbocycles. The monoisotopic (exact) mass is 462 g/mol. The summed E-state index contributed by atoms with van der Waals surface area (Å²) in [5, 5.41) is 6.19. The number of fused-ring (bicyclic) bond motifs is 1. The van der Waals surface area contributed by atoms with Crippen LogP contribution in [-0.2, 0) is 15.7 Å². The van der Waals surface area contributed by atoms with Crippen molar-refractivity contribution in [1.29, 1.82) is 0 Å². The van der Waals surface area contributed by atoms with Gasteiger partial charge in [0.25, 0.3) is 5.91 Å². The molecule has 1 aliphatic heterocycles. The van der Waals surface area contributed by atoms with Crippen LogP contribution >= 0.6 is 0 Å². The second kappa shape index (κ2) is 9.18. The molecule has 2 heterocycles. The highest BCUT2D eigenvalue weighted by Crippen LogP contribution is 2.33. The van der Waals surface area contributed by atoms with Gasteiger partial charge in [0.2, 0.25) is 0 Å². The molecule has 1 N–H and O–H groups in total. The molecule has 0 saturated heterocycles. The maximum Gasteiger partial charge on any atom is 0.416 e. The molecule has 0 saturated carbocycles. The van der Waals surface area contributed by atoms with E-state index in [-0.39, 0.29) is 16.9 Å². The maximum atomic E-state index is 13.1. The summed E-state index contributed by atoms with van der Waals surface area (Å²) in [6.45, 7) is 0.197. The molecule has 9 nitrogen and oxygen atoms in total. The summed E-state index contributed by atoms with van der Waals surface area (Å²) in [4.78, 5) is 28.4. The van der Waals surface area contributed by atoms with E-state index in [1.807, 2.05) is 0 Å². The summed E-state index contributed by atoms with van der Waals surface area (Å²) in [5.74, 6) is -0.764. The van der Waals surface area contributed by atoms with Crippen molar-refractivity contribution >= 4 is 17.6 Å². The molecule has 1 amide bonds. The summed E-state index contributed by atoms with van der Waals surface area (Å²) in [5.41, 5.74) is -0.852. The third-order valence-corrected chi connectivity index (χ3v) is 4.58. The lowest BCUT2D eigenvalue weighted by molar-refractivity contribution is -0.137. The third-order valence-electron chi connectivity index (χ3n) is 4.58. The van der Waals surface area contributed by atoms with Crippen LogP contribution in [0, 0.1) is 0 Å². The molecule has 3 aromatic rings. The minimum atomic E-state index is -4.62. The highest BCUT2D eigenvalue weighted by Gasteiger charge is 2.31. The Bertz CT molecular complexity index is 1170. The number of hydrogen-bond donors (Lipinski definition) is 1. The van der Waals surface area contributed by atoms with E-state index >= 15 is 0 Å². The molecule has 0 radical (unpaired) electrons. The lowest BCUT2D eigenvalue weighted by Crippen LogP contribution is -2.22. The van der Waals surface area contributed by atoms with Gasteiger partial charge in [0.05, 0.1) is 35.7 Å². The van der Waals surface area contributed by atoms with Gasteiger partial charge in [-0.05, 0) is 36.4 Å². The number of alkyl halides is 3. The van der Waals surface area contributed by atoms with Crippen molar-refractivity contribution in [1.82, 2.24) is 14.8 Å². The summed E-state index contributed by atoms with van der Waals surface area (Å²) in [6.07, 6.45) is -1.46. The fourth-order valence-corrected chi connectivity index (χ4v) is 3.04. The lowest BCUT2D eigenvalue weighted by atomic mass is 10.1. The summed E-state index contributed by atoms with van der Waals surface area (Å²) >= 11 is 0. The van der Waals surface area contributed by atoms with E-state index in [1.165, 1.54) is 29.5 Å². The fraction of sp³-hybridized carbons (Fsp3) is 0.238. The Morgan fingerprint density at radius 3 is 2.61 bits per heavy atom. The van der Waals surface area contributed by atoms with E-state index in [2.05, 4.69) is 15.4 Å². The standard InChI is InChI=1S/C21H17F3N4O5/c22-21(23,24)14-3-4-16(28-12-25-11-26-28)15(9-14)27-19(29)10-33-20(30)13-2-5-17-18(8-13)32-7-1-6-31-17/h2-5,8-9,11-12H,1,6-7,10H2,(H,27,29). The largest absolute Gasteiger partial charge is 0.490 e. The molecule has 0 unspecified atom stereocenters. The number of carbonyl (C=O) groups excluding carboxylic acids is 2. The number of nitrogens with one attached hydrogen (secondary N) is 1. The van der Waals surface area contributed by atoms with Crippen LogP contribution in [0.15, 0.2) is 49.1 Å². The molecule has 12 heteroatoms. The van der Waals surface area contributed by atoms with Gasteiger partial charge in [-0.15, -0.1) is 0 Å².